The Morgan fingerprint density at radius 3 is 2.81 bits per heavy atom. The predicted molar refractivity (Wildman–Crippen MR) is 74.7 cm³/mol. The molecule has 0 aromatic heterocycles. The average Bonchev–Trinajstić information content (AvgIpc) is 2.27. The van der Waals surface area contributed by atoms with Gasteiger partial charge in [-0.25, -0.2) is 0 Å². The minimum Gasteiger partial charge on any atom is -0.496 e. The molecule has 0 spiro atoms. The number of hydrogen-bond donors (Lipinski definition) is 0. The molecule has 1 unspecified atom stereocenters. The topological polar surface area (TPSA) is 18.5 Å². The van der Waals surface area contributed by atoms with Crippen molar-refractivity contribution in [3.63, 3.8) is 0 Å². The second kappa shape index (κ2) is 4.28. The van der Waals surface area contributed by atoms with Crippen molar-refractivity contribution in [3.05, 3.63) is 29.3 Å². The van der Waals surface area contributed by atoms with Gasteiger partial charge >= 0.3 is 0 Å². The van der Waals surface area contributed by atoms with Crippen molar-refractivity contribution in [3.8, 4) is 11.5 Å². The van der Waals surface area contributed by atoms with Crippen LogP contribution in [0.25, 0.3) is 6.08 Å². The highest BCUT2D eigenvalue weighted by molar-refractivity contribution is 14.1. The van der Waals surface area contributed by atoms with Crippen LogP contribution in [-0.4, -0.2) is 17.1 Å². The molecule has 86 valence electrons. The summed E-state index contributed by atoms with van der Waals surface area (Å²) in [6.45, 7) is 4.14. The summed E-state index contributed by atoms with van der Waals surface area (Å²) in [6.07, 6.45) is 4.19. The molecule has 0 N–H and O–H groups in total. The molecule has 2 nitrogen and oxygen atoms in total. The Kier molecular flexibility index (Phi) is 3.15. The molecule has 1 heterocycles. The van der Waals surface area contributed by atoms with Crippen LogP contribution in [0.3, 0.4) is 0 Å². The number of hydrogen-bond acceptors (Lipinski definition) is 2. The van der Waals surface area contributed by atoms with Gasteiger partial charge in [0.15, 0.2) is 0 Å². The van der Waals surface area contributed by atoms with E-state index < -0.39 is 0 Å². The van der Waals surface area contributed by atoms with Crippen molar-refractivity contribution >= 4 is 28.7 Å². The van der Waals surface area contributed by atoms with E-state index in [1.807, 2.05) is 13.0 Å². The third-order valence-electron chi connectivity index (χ3n) is 2.68. The normalized spacial score (nSPS) is 22.5. The van der Waals surface area contributed by atoms with Crippen LogP contribution in [0, 0.1) is 6.92 Å². The van der Waals surface area contributed by atoms with E-state index in [1.165, 1.54) is 0 Å². The highest BCUT2D eigenvalue weighted by atomic mass is 127. The van der Waals surface area contributed by atoms with Crippen molar-refractivity contribution < 1.29 is 9.47 Å². The van der Waals surface area contributed by atoms with E-state index in [-0.39, 0.29) is 5.60 Å². The quantitative estimate of drug-likeness (QED) is 0.609. The molecule has 0 bridgehead atoms. The van der Waals surface area contributed by atoms with Crippen molar-refractivity contribution in [2.75, 3.05) is 11.5 Å². The Morgan fingerprint density at radius 1 is 1.44 bits per heavy atom. The van der Waals surface area contributed by atoms with Gasteiger partial charge in [0.1, 0.15) is 17.1 Å². The monoisotopic (exact) mass is 330 g/mol. The maximum Gasteiger partial charge on any atom is 0.134 e. The maximum atomic E-state index is 6.02. The smallest absolute Gasteiger partial charge is 0.134 e. The molecular formula is C13H15IO2. The van der Waals surface area contributed by atoms with Gasteiger partial charge in [0, 0.05) is 4.43 Å². The van der Waals surface area contributed by atoms with Crippen molar-refractivity contribution in [1.82, 2.24) is 0 Å². The van der Waals surface area contributed by atoms with Gasteiger partial charge in [0.25, 0.3) is 0 Å². The molecule has 0 amide bonds. The number of methoxy groups -OCH3 is 1. The molecule has 16 heavy (non-hydrogen) atoms. The van der Waals surface area contributed by atoms with Crippen LogP contribution in [0.15, 0.2) is 18.2 Å². The number of benzene rings is 1. The summed E-state index contributed by atoms with van der Waals surface area (Å²) in [7, 11) is 1.69. The van der Waals surface area contributed by atoms with Gasteiger partial charge in [-0.15, -0.1) is 0 Å². The summed E-state index contributed by atoms with van der Waals surface area (Å²) in [4.78, 5) is 0. The van der Waals surface area contributed by atoms with Crippen molar-refractivity contribution in [1.29, 1.82) is 0 Å². The Labute approximate surface area is 110 Å². The van der Waals surface area contributed by atoms with E-state index in [1.54, 1.807) is 7.11 Å². The first kappa shape index (κ1) is 11.8. The fourth-order valence-electron chi connectivity index (χ4n) is 1.77. The van der Waals surface area contributed by atoms with Gasteiger partial charge in [-0.1, -0.05) is 22.6 Å². The molecular weight excluding hydrogens is 315 g/mol. The largest absolute Gasteiger partial charge is 0.496 e. The highest BCUT2D eigenvalue weighted by Gasteiger charge is 2.27. The van der Waals surface area contributed by atoms with Gasteiger partial charge in [-0.3, -0.25) is 0 Å². The lowest BCUT2D eigenvalue weighted by molar-refractivity contribution is 0.166. The van der Waals surface area contributed by atoms with Gasteiger partial charge in [-0.2, -0.15) is 0 Å². The molecule has 1 atom stereocenters. The zero-order chi connectivity index (χ0) is 11.8. The first-order chi connectivity index (χ1) is 7.58. The molecule has 0 saturated heterocycles. The SMILES string of the molecule is COc1cc(C)cc2c1C=CC(C)(CI)O2. The second-order valence-electron chi connectivity index (χ2n) is 4.26. The second-order valence-corrected chi connectivity index (χ2v) is 5.02. The lowest BCUT2D eigenvalue weighted by Gasteiger charge is -2.30. The Hall–Kier alpha value is -0.710. The van der Waals surface area contributed by atoms with E-state index in [0.717, 1.165) is 27.1 Å². The third kappa shape index (κ3) is 2.05. The lowest BCUT2D eigenvalue weighted by Crippen LogP contribution is -2.33. The van der Waals surface area contributed by atoms with Crippen LogP contribution in [0.4, 0.5) is 0 Å². The minimum atomic E-state index is -0.202. The van der Waals surface area contributed by atoms with Gasteiger partial charge in [0.05, 0.1) is 12.7 Å². The highest BCUT2D eigenvalue weighted by Crippen LogP contribution is 2.38. The Balaban J connectivity index is 2.50. The summed E-state index contributed by atoms with van der Waals surface area (Å²) in [5.74, 6) is 1.79. The maximum absolute atomic E-state index is 6.02. The van der Waals surface area contributed by atoms with E-state index in [9.17, 15) is 0 Å². The number of aryl methyl sites for hydroxylation is 1. The Morgan fingerprint density at radius 2 is 2.19 bits per heavy atom. The fourth-order valence-corrected chi connectivity index (χ4v) is 2.18. The minimum absolute atomic E-state index is 0.202. The van der Waals surface area contributed by atoms with Crippen LogP contribution in [0.2, 0.25) is 0 Å². The predicted octanol–water partition coefficient (Wildman–Crippen LogP) is 3.60. The summed E-state index contributed by atoms with van der Waals surface area (Å²) in [6, 6.07) is 4.09. The van der Waals surface area contributed by atoms with Gasteiger partial charge in [0.2, 0.25) is 0 Å². The Bertz CT molecular complexity index is 440. The van der Waals surface area contributed by atoms with Crippen LogP contribution in [0.1, 0.15) is 18.1 Å². The van der Waals surface area contributed by atoms with Crippen LogP contribution in [-0.2, 0) is 0 Å². The van der Waals surface area contributed by atoms with Crippen LogP contribution < -0.4 is 9.47 Å². The van der Waals surface area contributed by atoms with Gasteiger partial charge < -0.3 is 9.47 Å². The molecule has 0 saturated carbocycles. The molecule has 1 aromatic carbocycles. The van der Waals surface area contributed by atoms with E-state index in [0.29, 0.717) is 0 Å². The summed E-state index contributed by atoms with van der Waals surface area (Å²) >= 11 is 2.34. The molecule has 1 aliphatic rings. The molecule has 0 radical (unpaired) electrons. The van der Waals surface area contributed by atoms with Crippen molar-refractivity contribution in [2.24, 2.45) is 0 Å². The average molecular weight is 330 g/mol. The number of fused-ring (bicyclic) bond motifs is 1. The first-order valence-electron chi connectivity index (χ1n) is 5.21. The fraction of sp³-hybridized carbons (Fsp3) is 0.385. The summed E-state index contributed by atoms with van der Waals surface area (Å²) in [5.41, 5.74) is 1.99. The summed E-state index contributed by atoms with van der Waals surface area (Å²) < 4.78 is 12.3. The molecule has 0 fully saturated rings. The molecule has 1 aromatic rings. The number of alkyl halides is 1. The third-order valence-corrected chi connectivity index (χ3v) is 4.19. The van der Waals surface area contributed by atoms with Crippen LogP contribution in [0.5, 0.6) is 11.5 Å². The zero-order valence-corrected chi connectivity index (χ0v) is 11.9. The van der Waals surface area contributed by atoms with Crippen molar-refractivity contribution in [2.45, 2.75) is 19.4 Å². The first-order valence-corrected chi connectivity index (χ1v) is 6.73. The molecule has 3 heteroatoms. The van der Waals surface area contributed by atoms with Gasteiger partial charge in [-0.05, 0) is 43.7 Å². The lowest BCUT2D eigenvalue weighted by atomic mass is 10.0. The van der Waals surface area contributed by atoms with E-state index in [4.69, 9.17) is 9.47 Å². The summed E-state index contributed by atoms with van der Waals surface area (Å²) in [5, 5.41) is 0. The molecule has 2 rings (SSSR count). The number of rotatable bonds is 2. The number of halogens is 1. The zero-order valence-electron chi connectivity index (χ0n) is 9.71. The van der Waals surface area contributed by atoms with Crippen LogP contribution >= 0.6 is 22.6 Å². The number of ether oxygens (including phenoxy) is 2. The molecule has 0 aliphatic carbocycles. The molecule has 1 aliphatic heterocycles. The van der Waals surface area contributed by atoms with E-state index in [2.05, 4.69) is 47.7 Å². The van der Waals surface area contributed by atoms with E-state index >= 15 is 0 Å². The standard InChI is InChI=1S/C13H15IO2/c1-9-6-11(15-3)10-4-5-13(2,8-14)16-12(10)7-9/h4-7H,8H2,1-3H3.